The first-order valence-electron chi connectivity index (χ1n) is 3.20. The Labute approximate surface area is 69.9 Å². The van der Waals surface area contributed by atoms with E-state index in [1.165, 1.54) is 12.1 Å². The number of benzene rings is 1. The smallest absolute Gasteiger partial charge is 0.195 e. The summed E-state index contributed by atoms with van der Waals surface area (Å²) in [4.78, 5) is -0.403. The van der Waals surface area contributed by atoms with Crippen LogP contribution in [0.3, 0.4) is 0 Å². The van der Waals surface area contributed by atoms with Gasteiger partial charge in [0.25, 0.3) is 0 Å². The Morgan fingerprint density at radius 2 is 1.92 bits per heavy atom. The second kappa shape index (κ2) is 3.20. The fourth-order valence-corrected chi connectivity index (χ4v) is 1.58. The van der Waals surface area contributed by atoms with E-state index < -0.39 is 26.4 Å². The molecule has 1 N–H and O–H groups in total. The van der Waals surface area contributed by atoms with Crippen molar-refractivity contribution >= 4 is 9.84 Å². The molecule has 12 heavy (non-hydrogen) atoms. The van der Waals surface area contributed by atoms with Crippen LogP contribution in [0.1, 0.15) is 0 Å². The Bertz CT molecular complexity index is 375. The number of hydrogen-bond acceptors (Lipinski definition) is 2. The molecule has 0 bridgehead atoms. The fourth-order valence-electron chi connectivity index (χ4n) is 0.775. The normalized spacial score (nSPS) is 11.5. The van der Waals surface area contributed by atoms with E-state index in [9.17, 15) is 12.8 Å². The molecule has 1 aromatic carbocycles. The quantitative estimate of drug-likeness (QED) is 0.690. The number of hydrogen-bond donors (Lipinski definition) is 0. The van der Waals surface area contributed by atoms with Gasteiger partial charge >= 0.3 is 0 Å². The maximum absolute atomic E-state index is 12.8. The maximum Gasteiger partial charge on any atom is 0.195 e. The van der Waals surface area contributed by atoms with Gasteiger partial charge in [0.15, 0.2) is 9.84 Å². The van der Waals surface area contributed by atoms with Gasteiger partial charge in [0, 0.05) is 0 Å². The first-order valence-corrected chi connectivity index (χ1v) is 4.85. The van der Waals surface area contributed by atoms with Gasteiger partial charge in [-0.05, 0) is 12.1 Å². The van der Waals surface area contributed by atoms with Gasteiger partial charge in [-0.2, -0.15) is 0 Å². The largest absolute Gasteiger partial charge is 0.241 e. The van der Waals surface area contributed by atoms with E-state index >= 15 is 0 Å². The predicted molar refractivity (Wildman–Crippen MR) is 41.5 cm³/mol. The third-order valence-electron chi connectivity index (χ3n) is 1.36. The molecule has 0 spiro atoms. The zero-order valence-electron chi connectivity index (χ0n) is 6.12. The molecule has 0 saturated carbocycles. The number of sulfone groups is 1. The maximum atomic E-state index is 12.8. The molecule has 0 fully saturated rings. The summed E-state index contributed by atoms with van der Waals surface area (Å²) in [6.07, 6.45) is 0. The molecule has 1 radical (unpaired) electrons. The third kappa shape index (κ3) is 1.62. The molecule has 0 saturated heterocycles. The summed E-state index contributed by atoms with van der Waals surface area (Å²) in [5.41, 5.74) is 6.68. The average molecular weight is 188 g/mol. The van der Waals surface area contributed by atoms with Crippen LogP contribution in [0.4, 0.5) is 4.39 Å². The predicted octanol–water partition coefficient (Wildman–Crippen LogP) is 0.840. The Morgan fingerprint density at radius 3 is 2.42 bits per heavy atom. The summed E-state index contributed by atoms with van der Waals surface area (Å²) in [6, 6.07) is 5.03. The SMILES string of the molecule is [NH]CS(=O)(=O)c1ccccc1F. The second-order valence-electron chi connectivity index (χ2n) is 2.19. The first-order chi connectivity index (χ1) is 5.58. The van der Waals surface area contributed by atoms with Gasteiger partial charge in [-0.15, -0.1) is 0 Å². The molecule has 0 heterocycles. The summed E-state index contributed by atoms with van der Waals surface area (Å²) in [7, 11) is -3.74. The molecular weight excluding hydrogens is 181 g/mol. The standard InChI is InChI=1S/C7H7FNO2S/c8-6-3-1-2-4-7(6)12(10,11)5-9/h1-4,9H,5H2. The van der Waals surface area contributed by atoms with Gasteiger partial charge in [-0.25, -0.2) is 18.5 Å². The Hall–Kier alpha value is -0.940. The molecule has 0 unspecified atom stereocenters. The van der Waals surface area contributed by atoms with Crippen LogP contribution in [-0.2, 0) is 9.84 Å². The van der Waals surface area contributed by atoms with Crippen molar-refractivity contribution in [1.82, 2.24) is 5.73 Å². The summed E-state index contributed by atoms with van der Waals surface area (Å²) in [5, 5.41) is 0. The van der Waals surface area contributed by atoms with Crippen LogP contribution < -0.4 is 5.73 Å². The van der Waals surface area contributed by atoms with Gasteiger partial charge in [-0.1, -0.05) is 12.1 Å². The Balaban J connectivity index is 3.30. The molecule has 0 atom stereocenters. The lowest BCUT2D eigenvalue weighted by Gasteiger charge is -2.00. The van der Waals surface area contributed by atoms with Crippen molar-refractivity contribution in [2.75, 3.05) is 5.88 Å². The van der Waals surface area contributed by atoms with E-state index in [4.69, 9.17) is 5.73 Å². The van der Waals surface area contributed by atoms with Crippen molar-refractivity contribution in [2.45, 2.75) is 4.90 Å². The van der Waals surface area contributed by atoms with Crippen molar-refractivity contribution in [3.05, 3.63) is 30.1 Å². The van der Waals surface area contributed by atoms with Crippen molar-refractivity contribution in [1.29, 1.82) is 0 Å². The highest BCUT2D eigenvalue weighted by atomic mass is 32.2. The highest BCUT2D eigenvalue weighted by Crippen LogP contribution is 2.13. The Kier molecular flexibility index (Phi) is 2.44. The minimum Gasteiger partial charge on any atom is -0.241 e. The van der Waals surface area contributed by atoms with E-state index in [0.29, 0.717) is 0 Å². The topological polar surface area (TPSA) is 57.9 Å². The van der Waals surface area contributed by atoms with Crippen molar-refractivity contribution in [3.8, 4) is 0 Å². The van der Waals surface area contributed by atoms with Crippen LogP contribution in [0.2, 0.25) is 0 Å². The number of nitrogens with one attached hydrogen (secondary N) is 1. The lowest BCUT2D eigenvalue weighted by molar-refractivity contribution is 0.566. The van der Waals surface area contributed by atoms with E-state index in [1.807, 2.05) is 0 Å². The average Bonchev–Trinajstić information content (AvgIpc) is 2.05. The van der Waals surface area contributed by atoms with Gasteiger partial charge in [-0.3, -0.25) is 0 Å². The summed E-state index contributed by atoms with van der Waals surface area (Å²) in [6.45, 7) is 0. The van der Waals surface area contributed by atoms with Gasteiger partial charge < -0.3 is 0 Å². The molecular formula is C7H7FNO2S. The summed E-state index contributed by atoms with van der Waals surface area (Å²) >= 11 is 0. The van der Waals surface area contributed by atoms with Crippen LogP contribution in [0.5, 0.6) is 0 Å². The lowest BCUT2D eigenvalue weighted by atomic mass is 10.4. The molecule has 0 aliphatic heterocycles. The first kappa shape index (κ1) is 9.15. The summed E-state index contributed by atoms with van der Waals surface area (Å²) in [5.74, 6) is -1.63. The van der Waals surface area contributed by atoms with Crippen LogP contribution in [0, 0.1) is 5.82 Å². The molecule has 0 amide bonds. The minimum atomic E-state index is -3.74. The van der Waals surface area contributed by atoms with Crippen LogP contribution in [0.25, 0.3) is 0 Å². The van der Waals surface area contributed by atoms with Crippen LogP contribution >= 0.6 is 0 Å². The van der Waals surface area contributed by atoms with Crippen molar-refractivity contribution in [2.24, 2.45) is 0 Å². The van der Waals surface area contributed by atoms with Crippen LogP contribution in [-0.4, -0.2) is 14.3 Å². The third-order valence-corrected chi connectivity index (χ3v) is 2.74. The molecule has 0 aliphatic rings. The molecule has 0 aliphatic carbocycles. The van der Waals surface area contributed by atoms with Gasteiger partial charge in [0.1, 0.15) is 16.6 Å². The second-order valence-corrected chi connectivity index (χ2v) is 4.15. The molecule has 1 aromatic rings. The Morgan fingerprint density at radius 1 is 1.33 bits per heavy atom. The highest BCUT2D eigenvalue weighted by molar-refractivity contribution is 7.91. The van der Waals surface area contributed by atoms with Crippen LogP contribution in [0.15, 0.2) is 29.2 Å². The zero-order chi connectivity index (χ0) is 9.19. The number of halogens is 1. The molecule has 5 heteroatoms. The zero-order valence-corrected chi connectivity index (χ0v) is 6.94. The van der Waals surface area contributed by atoms with Gasteiger partial charge in [0.05, 0.1) is 0 Å². The van der Waals surface area contributed by atoms with E-state index in [2.05, 4.69) is 0 Å². The van der Waals surface area contributed by atoms with E-state index in [-0.39, 0.29) is 0 Å². The van der Waals surface area contributed by atoms with E-state index in [0.717, 1.165) is 12.1 Å². The summed E-state index contributed by atoms with van der Waals surface area (Å²) < 4.78 is 34.8. The molecule has 0 aromatic heterocycles. The monoisotopic (exact) mass is 188 g/mol. The van der Waals surface area contributed by atoms with E-state index in [1.54, 1.807) is 0 Å². The lowest BCUT2D eigenvalue weighted by Crippen LogP contribution is -2.08. The minimum absolute atomic E-state index is 0.403. The highest BCUT2D eigenvalue weighted by Gasteiger charge is 2.15. The van der Waals surface area contributed by atoms with Gasteiger partial charge in [0.2, 0.25) is 0 Å². The fraction of sp³-hybridized carbons (Fsp3) is 0.143. The van der Waals surface area contributed by atoms with Crippen molar-refractivity contribution < 1.29 is 12.8 Å². The molecule has 3 nitrogen and oxygen atoms in total. The molecule has 1 rings (SSSR count). The number of rotatable bonds is 2. The van der Waals surface area contributed by atoms with Crippen molar-refractivity contribution in [3.63, 3.8) is 0 Å². The molecule has 65 valence electrons.